The van der Waals surface area contributed by atoms with E-state index in [0.717, 1.165) is 0 Å². The molecular weight excluding hydrogens is 225 g/mol. The first kappa shape index (κ1) is 10.9. The van der Waals surface area contributed by atoms with Gasteiger partial charge >= 0.3 is 6.92 Å². The lowest BCUT2D eigenvalue weighted by molar-refractivity contribution is 0.345. The third-order valence-corrected chi connectivity index (χ3v) is 3.84. The van der Waals surface area contributed by atoms with Gasteiger partial charge in [-0.1, -0.05) is 24.3 Å². The average molecular weight is 237 g/mol. The third-order valence-electron chi connectivity index (χ3n) is 2.01. The van der Waals surface area contributed by atoms with E-state index in [4.69, 9.17) is 10.4 Å². The normalized spacial score (nSPS) is 10.5. The Hall–Kier alpha value is -0.615. The minimum absolute atomic E-state index is 0.0635. The van der Waals surface area contributed by atoms with E-state index in [1.807, 2.05) is 12.1 Å². The highest BCUT2D eigenvalue weighted by atomic mass is 32.1. The van der Waals surface area contributed by atoms with Crippen molar-refractivity contribution in [2.24, 2.45) is 5.73 Å². The van der Waals surface area contributed by atoms with Gasteiger partial charge in [-0.15, -0.1) is 0 Å². The Morgan fingerprint density at radius 1 is 1.13 bits per heavy atom. The van der Waals surface area contributed by atoms with Crippen LogP contribution in [0.2, 0.25) is 0 Å². The standard InChI is InChI=1S/C10H12BNOS2/c12-5-6-13-11(9-3-1-7-14-9)10-4-2-8-15-10/h1-4,7-8H,5-6,12H2. The molecule has 0 aliphatic heterocycles. The maximum atomic E-state index is 5.78. The van der Waals surface area contributed by atoms with E-state index in [1.165, 1.54) is 9.55 Å². The summed E-state index contributed by atoms with van der Waals surface area (Å²) in [4.78, 5) is 0. The van der Waals surface area contributed by atoms with Gasteiger partial charge in [0, 0.05) is 22.7 Å². The van der Waals surface area contributed by atoms with Crippen LogP contribution in [0.5, 0.6) is 0 Å². The molecule has 0 bridgehead atoms. The van der Waals surface area contributed by atoms with Crippen molar-refractivity contribution in [3.63, 3.8) is 0 Å². The second kappa shape index (κ2) is 5.46. The summed E-state index contributed by atoms with van der Waals surface area (Å²) in [5.41, 5.74) is 5.47. The fraction of sp³-hybridized carbons (Fsp3) is 0.200. The van der Waals surface area contributed by atoms with Gasteiger partial charge in [-0.25, -0.2) is 0 Å². The number of hydrogen-bond donors (Lipinski definition) is 1. The first-order chi connectivity index (χ1) is 7.42. The summed E-state index contributed by atoms with van der Waals surface area (Å²) < 4.78 is 8.26. The molecule has 78 valence electrons. The largest absolute Gasteiger partial charge is 0.425 e. The molecule has 5 heteroatoms. The molecule has 0 unspecified atom stereocenters. The minimum atomic E-state index is 0.0635. The van der Waals surface area contributed by atoms with Crippen LogP contribution >= 0.6 is 22.7 Å². The van der Waals surface area contributed by atoms with E-state index in [9.17, 15) is 0 Å². The molecule has 0 saturated heterocycles. The highest BCUT2D eigenvalue weighted by Gasteiger charge is 2.22. The first-order valence-corrected chi connectivity index (χ1v) is 6.56. The molecule has 2 aromatic rings. The van der Waals surface area contributed by atoms with E-state index in [-0.39, 0.29) is 6.92 Å². The van der Waals surface area contributed by atoms with Gasteiger partial charge in [0.2, 0.25) is 0 Å². The lowest BCUT2D eigenvalue weighted by atomic mass is 9.65. The number of nitrogens with two attached hydrogens (primary N) is 1. The molecule has 0 aromatic carbocycles. The van der Waals surface area contributed by atoms with Crippen LogP contribution in [0.4, 0.5) is 0 Å². The Balaban J connectivity index is 2.17. The van der Waals surface area contributed by atoms with Crippen molar-refractivity contribution in [1.82, 2.24) is 0 Å². The zero-order valence-electron chi connectivity index (χ0n) is 8.26. The second-order valence-electron chi connectivity index (χ2n) is 3.07. The van der Waals surface area contributed by atoms with Crippen molar-refractivity contribution in [2.75, 3.05) is 13.2 Å². The molecule has 0 atom stereocenters. The van der Waals surface area contributed by atoms with Gasteiger partial charge in [0.05, 0.1) is 0 Å². The highest BCUT2D eigenvalue weighted by Crippen LogP contribution is 2.03. The molecule has 2 rings (SSSR count). The lowest BCUT2D eigenvalue weighted by Crippen LogP contribution is -2.42. The average Bonchev–Trinajstić information content (AvgIpc) is 2.90. The summed E-state index contributed by atoms with van der Waals surface area (Å²) >= 11 is 3.44. The summed E-state index contributed by atoms with van der Waals surface area (Å²) in [5.74, 6) is 0. The topological polar surface area (TPSA) is 35.2 Å². The van der Waals surface area contributed by atoms with Crippen LogP contribution in [0.25, 0.3) is 0 Å². The Morgan fingerprint density at radius 2 is 1.73 bits per heavy atom. The molecule has 0 amide bonds. The second-order valence-corrected chi connectivity index (χ2v) is 5.03. The molecule has 2 heterocycles. The molecule has 15 heavy (non-hydrogen) atoms. The van der Waals surface area contributed by atoms with Crippen LogP contribution in [0, 0.1) is 0 Å². The summed E-state index contributed by atoms with van der Waals surface area (Å²) in [7, 11) is 0. The molecule has 2 N–H and O–H groups in total. The van der Waals surface area contributed by atoms with Crippen LogP contribution in [0.15, 0.2) is 35.0 Å². The molecule has 0 saturated carbocycles. The fourth-order valence-electron chi connectivity index (χ4n) is 1.37. The predicted octanol–water partition coefficient (Wildman–Crippen LogP) is 0.891. The van der Waals surface area contributed by atoms with E-state index in [0.29, 0.717) is 13.2 Å². The van der Waals surface area contributed by atoms with Gasteiger partial charge in [-0.05, 0) is 10.8 Å². The predicted molar refractivity (Wildman–Crippen MR) is 68.7 cm³/mol. The van der Waals surface area contributed by atoms with Gasteiger partial charge in [0.15, 0.2) is 0 Å². The Morgan fingerprint density at radius 3 is 2.13 bits per heavy atom. The van der Waals surface area contributed by atoms with Gasteiger partial charge in [0.1, 0.15) is 0 Å². The molecule has 0 radical (unpaired) electrons. The van der Waals surface area contributed by atoms with Gasteiger partial charge in [-0.2, -0.15) is 22.7 Å². The van der Waals surface area contributed by atoms with Crippen LogP contribution in [0.1, 0.15) is 0 Å². The van der Waals surface area contributed by atoms with Gasteiger partial charge < -0.3 is 10.4 Å². The van der Waals surface area contributed by atoms with Crippen molar-refractivity contribution >= 4 is 39.1 Å². The monoisotopic (exact) mass is 237 g/mol. The van der Waals surface area contributed by atoms with Crippen LogP contribution in [-0.2, 0) is 4.65 Å². The highest BCUT2D eigenvalue weighted by molar-refractivity contribution is 7.29. The van der Waals surface area contributed by atoms with Crippen molar-refractivity contribution in [3.05, 3.63) is 35.0 Å². The molecule has 2 nitrogen and oxygen atoms in total. The number of thiophene rings is 2. The zero-order chi connectivity index (χ0) is 10.5. The zero-order valence-corrected chi connectivity index (χ0v) is 9.89. The van der Waals surface area contributed by atoms with Crippen LogP contribution in [0.3, 0.4) is 0 Å². The summed E-state index contributed by atoms with van der Waals surface area (Å²) in [5, 5.41) is 4.14. The van der Waals surface area contributed by atoms with Crippen molar-refractivity contribution in [1.29, 1.82) is 0 Å². The fourth-order valence-corrected chi connectivity index (χ4v) is 3.03. The Labute approximate surface area is 97.8 Å². The maximum absolute atomic E-state index is 5.78. The summed E-state index contributed by atoms with van der Waals surface area (Å²) in [6.07, 6.45) is 0. The SMILES string of the molecule is NCCOB(c1cccs1)c1cccs1. The Kier molecular flexibility index (Phi) is 3.97. The summed E-state index contributed by atoms with van der Waals surface area (Å²) in [6.45, 7) is 1.22. The van der Waals surface area contributed by atoms with Crippen molar-refractivity contribution in [3.8, 4) is 0 Å². The molecular formula is C10H12BNOS2. The summed E-state index contributed by atoms with van der Waals surface area (Å²) in [6, 6.07) is 8.30. The molecule has 0 aliphatic rings. The van der Waals surface area contributed by atoms with E-state index in [2.05, 4.69) is 22.9 Å². The smallest absolute Gasteiger partial charge is 0.382 e. The van der Waals surface area contributed by atoms with Gasteiger partial charge in [-0.3, -0.25) is 0 Å². The lowest BCUT2D eigenvalue weighted by Gasteiger charge is -2.10. The maximum Gasteiger partial charge on any atom is 0.382 e. The van der Waals surface area contributed by atoms with E-state index >= 15 is 0 Å². The van der Waals surface area contributed by atoms with Crippen LogP contribution in [-0.4, -0.2) is 20.1 Å². The van der Waals surface area contributed by atoms with E-state index < -0.39 is 0 Å². The molecule has 2 aromatic heterocycles. The minimum Gasteiger partial charge on any atom is -0.425 e. The third kappa shape index (κ3) is 2.69. The van der Waals surface area contributed by atoms with Crippen LogP contribution < -0.4 is 15.3 Å². The van der Waals surface area contributed by atoms with Crippen molar-refractivity contribution in [2.45, 2.75) is 0 Å². The van der Waals surface area contributed by atoms with E-state index in [1.54, 1.807) is 22.7 Å². The van der Waals surface area contributed by atoms with Crippen molar-refractivity contribution < 1.29 is 4.65 Å². The quantitative estimate of drug-likeness (QED) is 0.784. The molecule has 0 aliphatic carbocycles. The molecule has 0 spiro atoms. The first-order valence-electron chi connectivity index (χ1n) is 4.80. The number of rotatable bonds is 5. The Bertz CT molecular complexity index is 340. The molecule has 0 fully saturated rings. The van der Waals surface area contributed by atoms with Gasteiger partial charge in [0.25, 0.3) is 0 Å². The number of hydrogen-bond acceptors (Lipinski definition) is 4.